The van der Waals surface area contributed by atoms with Crippen LogP contribution in [0, 0.1) is 17.1 Å². The van der Waals surface area contributed by atoms with Gasteiger partial charge >= 0.3 is 0 Å². The van der Waals surface area contributed by atoms with Gasteiger partial charge in [-0.15, -0.1) is 11.3 Å². The molecule has 0 fully saturated rings. The van der Waals surface area contributed by atoms with Crippen molar-refractivity contribution in [2.45, 2.75) is 32.4 Å². The Hall–Kier alpha value is -2.89. The fourth-order valence-corrected chi connectivity index (χ4v) is 4.61. The van der Waals surface area contributed by atoms with Crippen LogP contribution in [0.4, 0.5) is 9.39 Å². The molecule has 6 nitrogen and oxygen atoms in total. The van der Waals surface area contributed by atoms with Crippen molar-refractivity contribution in [1.82, 2.24) is 9.78 Å². The number of aromatic nitrogens is 2. The van der Waals surface area contributed by atoms with Gasteiger partial charge in [0.2, 0.25) is 0 Å². The van der Waals surface area contributed by atoms with Crippen LogP contribution in [-0.2, 0) is 19.6 Å². The van der Waals surface area contributed by atoms with Crippen LogP contribution < -0.4 is 10.1 Å². The van der Waals surface area contributed by atoms with Crippen molar-refractivity contribution in [3.8, 4) is 11.8 Å². The van der Waals surface area contributed by atoms with Gasteiger partial charge in [-0.25, -0.2) is 9.07 Å². The highest BCUT2D eigenvalue weighted by Crippen LogP contribution is 2.37. The predicted molar refractivity (Wildman–Crippen MR) is 108 cm³/mol. The molecule has 1 aliphatic carbocycles. The maximum absolute atomic E-state index is 13.2. The molecule has 1 aliphatic rings. The van der Waals surface area contributed by atoms with Crippen LogP contribution in [0.15, 0.2) is 30.5 Å². The zero-order chi connectivity index (χ0) is 20.4. The maximum Gasteiger partial charge on any atom is 0.276 e. The molecule has 1 amide bonds. The van der Waals surface area contributed by atoms with Gasteiger partial charge in [0, 0.05) is 17.1 Å². The van der Waals surface area contributed by atoms with E-state index in [0.717, 1.165) is 31.2 Å². The van der Waals surface area contributed by atoms with Gasteiger partial charge < -0.3 is 10.1 Å². The van der Waals surface area contributed by atoms with Gasteiger partial charge in [0.05, 0.1) is 10.6 Å². The van der Waals surface area contributed by atoms with E-state index in [1.165, 1.54) is 39.1 Å². The molecule has 2 aromatic heterocycles. The summed E-state index contributed by atoms with van der Waals surface area (Å²) in [6.45, 7) is 0.0337. The van der Waals surface area contributed by atoms with Crippen LogP contribution in [0.5, 0.6) is 5.75 Å². The fraction of sp³-hybridized carbons (Fsp3) is 0.250. The minimum atomic E-state index is -0.524. The molecule has 0 spiro atoms. The molecular formula is C20H16ClFN4O2S. The van der Waals surface area contributed by atoms with Crippen molar-refractivity contribution >= 4 is 33.8 Å². The number of halogens is 2. The summed E-state index contributed by atoms with van der Waals surface area (Å²) < 4.78 is 20.1. The van der Waals surface area contributed by atoms with Crippen LogP contribution in [0.25, 0.3) is 0 Å². The minimum Gasteiger partial charge on any atom is -0.471 e. The first-order valence-corrected chi connectivity index (χ1v) is 10.2. The Morgan fingerprint density at radius 2 is 2.21 bits per heavy atom. The Morgan fingerprint density at radius 3 is 3.00 bits per heavy atom. The molecule has 2 heterocycles. The Morgan fingerprint density at radius 1 is 1.38 bits per heavy atom. The lowest BCUT2D eigenvalue weighted by atomic mass is 9.96. The number of hydrogen-bond donors (Lipinski definition) is 1. The van der Waals surface area contributed by atoms with E-state index < -0.39 is 5.82 Å². The summed E-state index contributed by atoms with van der Waals surface area (Å²) in [7, 11) is 0. The van der Waals surface area contributed by atoms with Crippen LogP contribution >= 0.6 is 22.9 Å². The smallest absolute Gasteiger partial charge is 0.276 e. The second-order valence-electron chi connectivity index (χ2n) is 6.57. The number of benzene rings is 1. The third kappa shape index (κ3) is 4.11. The number of hydrogen-bond acceptors (Lipinski definition) is 5. The van der Waals surface area contributed by atoms with Crippen molar-refractivity contribution in [2.24, 2.45) is 0 Å². The third-order valence-corrected chi connectivity index (χ3v) is 6.13. The molecule has 0 bridgehead atoms. The van der Waals surface area contributed by atoms with Gasteiger partial charge in [0.25, 0.3) is 5.91 Å². The number of nitriles is 1. The predicted octanol–water partition coefficient (Wildman–Crippen LogP) is 4.78. The van der Waals surface area contributed by atoms with Crippen molar-refractivity contribution < 1.29 is 13.9 Å². The zero-order valence-corrected chi connectivity index (χ0v) is 16.8. The topological polar surface area (TPSA) is 79.9 Å². The summed E-state index contributed by atoms with van der Waals surface area (Å²) in [4.78, 5) is 13.8. The third-order valence-electron chi connectivity index (χ3n) is 4.64. The number of nitrogens with one attached hydrogen (secondary N) is 1. The van der Waals surface area contributed by atoms with Crippen LogP contribution in [-0.4, -0.2) is 15.7 Å². The molecule has 1 N–H and O–H groups in total. The molecule has 29 heavy (non-hydrogen) atoms. The molecule has 0 saturated carbocycles. The van der Waals surface area contributed by atoms with Gasteiger partial charge in [-0.3, -0.25) is 4.79 Å². The lowest BCUT2D eigenvalue weighted by Crippen LogP contribution is -2.14. The molecule has 3 aromatic rings. The Labute approximate surface area is 175 Å². The van der Waals surface area contributed by atoms with E-state index in [0.29, 0.717) is 16.3 Å². The molecule has 0 unspecified atom stereocenters. The van der Waals surface area contributed by atoms with Crippen LogP contribution in [0.2, 0.25) is 5.02 Å². The molecule has 0 atom stereocenters. The van der Waals surface area contributed by atoms with Crippen LogP contribution in [0.1, 0.15) is 39.3 Å². The minimum absolute atomic E-state index is 0.0324. The summed E-state index contributed by atoms with van der Waals surface area (Å²) in [5.41, 5.74) is 1.84. The summed E-state index contributed by atoms with van der Waals surface area (Å²) in [6, 6.07) is 7.84. The number of amides is 1. The van der Waals surface area contributed by atoms with E-state index in [2.05, 4.69) is 16.5 Å². The fourth-order valence-electron chi connectivity index (χ4n) is 3.20. The summed E-state index contributed by atoms with van der Waals surface area (Å²) in [6.07, 6.45) is 5.60. The first kappa shape index (κ1) is 19.4. The number of rotatable bonds is 5. The zero-order valence-electron chi connectivity index (χ0n) is 15.2. The van der Waals surface area contributed by atoms with Gasteiger partial charge in [0.15, 0.2) is 12.4 Å². The van der Waals surface area contributed by atoms with E-state index in [1.54, 1.807) is 12.3 Å². The molecule has 9 heteroatoms. The molecule has 4 rings (SSSR count). The second kappa shape index (κ2) is 8.23. The lowest BCUT2D eigenvalue weighted by molar-refractivity contribution is 0.102. The van der Waals surface area contributed by atoms with Gasteiger partial charge in [0.1, 0.15) is 22.6 Å². The van der Waals surface area contributed by atoms with Crippen molar-refractivity contribution in [3.05, 3.63) is 63.0 Å². The highest BCUT2D eigenvalue weighted by molar-refractivity contribution is 7.16. The average molecular weight is 431 g/mol. The molecule has 1 aromatic carbocycles. The highest BCUT2D eigenvalue weighted by Gasteiger charge is 2.22. The molecule has 0 radical (unpaired) electrons. The largest absolute Gasteiger partial charge is 0.471 e. The number of carbonyl (C=O) groups is 1. The van der Waals surface area contributed by atoms with Gasteiger partial charge in [-0.1, -0.05) is 11.6 Å². The summed E-state index contributed by atoms with van der Waals surface area (Å²) in [5, 5.41) is 17.1. The van der Waals surface area contributed by atoms with Gasteiger partial charge in [-0.05, 0) is 49.4 Å². The van der Waals surface area contributed by atoms with E-state index in [-0.39, 0.29) is 23.4 Å². The Kier molecular flexibility index (Phi) is 5.51. The van der Waals surface area contributed by atoms with Crippen molar-refractivity contribution in [1.29, 1.82) is 5.26 Å². The summed E-state index contributed by atoms with van der Waals surface area (Å²) >= 11 is 7.20. The number of ether oxygens (including phenoxy) is 1. The highest BCUT2D eigenvalue weighted by atomic mass is 35.5. The average Bonchev–Trinajstić information content (AvgIpc) is 3.33. The van der Waals surface area contributed by atoms with E-state index >= 15 is 0 Å². The van der Waals surface area contributed by atoms with E-state index in [9.17, 15) is 14.4 Å². The van der Waals surface area contributed by atoms with Crippen LogP contribution in [0.3, 0.4) is 0 Å². The normalized spacial score (nSPS) is 12.9. The quantitative estimate of drug-likeness (QED) is 0.631. The first-order chi connectivity index (χ1) is 14.0. The molecule has 148 valence electrons. The number of anilines is 1. The monoisotopic (exact) mass is 430 g/mol. The van der Waals surface area contributed by atoms with E-state index in [4.69, 9.17) is 16.3 Å². The molecule has 0 saturated heterocycles. The summed E-state index contributed by atoms with van der Waals surface area (Å²) in [5.74, 6) is -0.520. The Balaban J connectivity index is 1.43. The molecular weight excluding hydrogens is 415 g/mol. The maximum atomic E-state index is 13.2. The number of thiophene rings is 1. The number of nitrogens with zero attached hydrogens (tertiary/aromatic N) is 3. The first-order valence-electron chi connectivity index (χ1n) is 9.02. The SMILES string of the molecule is N#Cc1c(NC(=O)c2ccn(COc3ccc(F)c(Cl)c3)n2)sc2c1CCCC2. The molecule has 0 aliphatic heterocycles. The second-order valence-corrected chi connectivity index (χ2v) is 8.08. The standard InChI is InChI=1S/C20H16ClFN4O2S/c21-15-9-12(5-6-16(15)22)28-11-26-8-7-17(25-26)19(27)24-20-14(10-23)13-3-1-2-4-18(13)29-20/h5-9H,1-4,11H2,(H,24,27). The van der Waals surface area contributed by atoms with Crippen molar-refractivity contribution in [3.63, 3.8) is 0 Å². The van der Waals surface area contributed by atoms with E-state index in [1.807, 2.05) is 0 Å². The Bertz CT molecular complexity index is 1120. The number of carbonyl (C=O) groups excluding carboxylic acids is 1. The van der Waals surface area contributed by atoms with Gasteiger partial charge in [-0.2, -0.15) is 10.4 Å². The lowest BCUT2D eigenvalue weighted by Gasteiger charge is -2.09. The number of fused-ring (bicyclic) bond motifs is 1. The van der Waals surface area contributed by atoms with Crippen molar-refractivity contribution in [2.75, 3.05) is 5.32 Å². The number of aryl methyl sites for hydroxylation is 1.